The molecule has 2 N–H and O–H groups in total. The Labute approximate surface area is 139 Å². The van der Waals surface area contributed by atoms with Gasteiger partial charge in [0.2, 0.25) is 0 Å². The molecule has 0 radical (unpaired) electrons. The molecule has 1 amide bonds. The molecule has 0 aliphatic carbocycles. The van der Waals surface area contributed by atoms with Crippen molar-refractivity contribution in [2.24, 2.45) is 0 Å². The Kier molecular flexibility index (Phi) is 3.54. The van der Waals surface area contributed by atoms with E-state index >= 15 is 0 Å². The average molecular weight is 318 g/mol. The van der Waals surface area contributed by atoms with Crippen molar-refractivity contribution in [2.75, 3.05) is 6.54 Å². The second kappa shape index (κ2) is 5.85. The first-order valence-electron chi connectivity index (χ1n) is 7.99. The number of benzene rings is 1. The van der Waals surface area contributed by atoms with Crippen molar-refractivity contribution in [2.45, 2.75) is 13.3 Å². The van der Waals surface area contributed by atoms with Gasteiger partial charge >= 0.3 is 0 Å². The van der Waals surface area contributed by atoms with Gasteiger partial charge in [0.05, 0.1) is 0 Å². The maximum atomic E-state index is 12.3. The van der Waals surface area contributed by atoms with E-state index in [1.807, 2.05) is 48.0 Å². The van der Waals surface area contributed by atoms with Crippen LogP contribution in [0.25, 0.3) is 16.6 Å². The summed E-state index contributed by atoms with van der Waals surface area (Å²) in [6, 6.07) is 12.1. The normalized spacial score (nSPS) is 11.2. The lowest BCUT2D eigenvalue weighted by atomic mass is 10.1. The van der Waals surface area contributed by atoms with Gasteiger partial charge in [0.15, 0.2) is 0 Å². The Hall–Kier alpha value is -3.08. The Balaban J connectivity index is 1.44. The van der Waals surface area contributed by atoms with Crippen LogP contribution in [0, 0.1) is 6.92 Å². The molecular formula is C19H18N4O. The SMILES string of the molecule is Cc1ccn2cc(C(=O)NCCc3c[nH]c4ccccc34)nc2c1. The van der Waals surface area contributed by atoms with Gasteiger partial charge in [0.25, 0.3) is 5.91 Å². The van der Waals surface area contributed by atoms with Crippen molar-refractivity contribution in [3.05, 3.63) is 71.8 Å². The van der Waals surface area contributed by atoms with Crippen molar-refractivity contribution in [3.8, 4) is 0 Å². The molecule has 5 heteroatoms. The molecule has 3 heterocycles. The number of hydrogen-bond acceptors (Lipinski definition) is 2. The number of H-pyrrole nitrogens is 1. The number of carbonyl (C=O) groups excluding carboxylic acids is 1. The van der Waals surface area contributed by atoms with Crippen molar-refractivity contribution in [3.63, 3.8) is 0 Å². The second-order valence-electron chi connectivity index (χ2n) is 5.96. The molecule has 0 saturated carbocycles. The van der Waals surface area contributed by atoms with Crippen LogP contribution in [0.5, 0.6) is 0 Å². The van der Waals surface area contributed by atoms with Gasteiger partial charge in [-0.15, -0.1) is 0 Å². The maximum Gasteiger partial charge on any atom is 0.271 e. The van der Waals surface area contributed by atoms with Gasteiger partial charge in [-0.2, -0.15) is 0 Å². The third-order valence-corrected chi connectivity index (χ3v) is 4.20. The number of aromatic nitrogens is 3. The molecule has 24 heavy (non-hydrogen) atoms. The molecule has 0 saturated heterocycles. The number of carbonyl (C=O) groups is 1. The fraction of sp³-hybridized carbons (Fsp3) is 0.158. The lowest BCUT2D eigenvalue weighted by molar-refractivity contribution is 0.0950. The molecule has 4 rings (SSSR count). The van der Waals surface area contributed by atoms with Gasteiger partial charge in [-0.3, -0.25) is 4.79 Å². The summed E-state index contributed by atoms with van der Waals surface area (Å²) in [5.74, 6) is -0.142. The van der Waals surface area contributed by atoms with E-state index in [-0.39, 0.29) is 5.91 Å². The Morgan fingerprint density at radius 3 is 3.08 bits per heavy atom. The third kappa shape index (κ3) is 2.65. The zero-order chi connectivity index (χ0) is 16.5. The van der Waals surface area contributed by atoms with Crippen LogP contribution in [0.2, 0.25) is 0 Å². The molecular weight excluding hydrogens is 300 g/mol. The monoisotopic (exact) mass is 318 g/mol. The summed E-state index contributed by atoms with van der Waals surface area (Å²) in [4.78, 5) is 19.9. The number of imidazole rings is 1. The number of nitrogens with zero attached hydrogens (tertiary/aromatic N) is 2. The number of fused-ring (bicyclic) bond motifs is 2. The predicted octanol–water partition coefficient (Wildman–Crippen LogP) is 3.10. The van der Waals surface area contributed by atoms with Gasteiger partial charge in [-0.25, -0.2) is 4.98 Å². The zero-order valence-electron chi connectivity index (χ0n) is 13.4. The molecule has 120 valence electrons. The van der Waals surface area contributed by atoms with E-state index in [1.54, 1.807) is 6.20 Å². The minimum Gasteiger partial charge on any atom is -0.361 e. The number of aromatic amines is 1. The van der Waals surface area contributed by atoms with Crippen LogP contribution in [0.15, 0.2) is 55.0 Å². The highest BCUT2D eigenvalue weighted by atomic mass is 16.1. The summed E-state index contributed by atoms with van der Waals surface area (Å²) in [7, 11) is 0. The smallest absolute Gasteiger partial charge is 0.271 e. The van der Waals surface area contributed by atoms with Crippen molar-refractivity contribution < 1.29 is 4.79 Å². The molecule has 1 aromatic carbocycles. The Morgan fingerprint density at radius 2 is 2.17 bits per heavy atom. The van der Waals surface area contributed by atoms with E-state index in [0.29, 0.717) is 12.2 Å². The summed E-state index contributed by atoms with van der Waals surface area (Å²) in [6.45, 7) is 2.59. The van der Waals surface area contributed by atoms with Crippen LogP contribution in [0.1, 0.15) is 21.6 Å². The van der Waals surface area contributed by atoms with Crippen molar-refractivity contribution in [1.29, 1.82) is 0 Å². The lowest BCUT2D eigenvalue weighted by Gasteiger charge is -2.02. The fourth-order valence-electron chi connectivity index (χ4n) is 2.93. The van der Waals surface area contributed by atoms with Crippen LogP contribution in [-0.2, 0) is 6.42 Å². The van der Waals surface area contributed by atoms with Gasteiger partial charge in [0, 0.05) is 36.0 Å². The van der Waals surface area contributed by atoms with E-state index in [2.05, 4.69) is 27.4 Å². The van der Waals surface area contributed by atoms with Crippen LogP contribution in [-0.4, -0.2) is 26.8 Å². The van der Waals surface area contributed by atoms with Crippen molar-refractivity contribution >= 4 is 22.5 Å². The summed E-state index contributed by atoms with van der Waals surface area (Å²) in [6.07, 6.45) is 6.46. The molecule has 0 aliphatic heterocycles. The van der Waals surface area contributed by atoms with Gasteiger partial charge in [-0.05, 0) is 42.7 Å². The standard InChI is InChI=1S/C19H18N4O/c1-13-7-9-23-12-17(22-18(23)10-13)19(24)20-8-6-14-11-21-16-5-3-2-4-15(14)16/h2-5,7,9-12,21H,6,8H2,1H3,(H,20,24). The largest absolute Gasteiger partial charge is 0.361 e. The highest BCUT2D eigenvalue weighted by molar-refractivity contribution is 5.93. The first-order valence-corrected chi connectivity index (χ1v) is 7.99. The summed E-state index contributed by atoms with van der Waals surface area (Å²) in [5, 5.41) is 4.15. The van der Waals surface area contributed by atoms with Crippen LogP contribution in [0.4, 0.5) is 0 Å². The molecule has 5 nitrogen and oxygen atoms in total. The van der Waals surface area contributed by atoms with Crippen LogP contribution in [0.3, 0.4) is 0 Å². The first kappa shape index (κ1) is 14.5. The summed E-state index contributed by atoms with van der Waals surface area (Å²) in [5.41, 5.74) is 4.68. The summed E-state index contributed by atoms with van der Waals surface area (Å²) >= 11 is 0. The van der Waals surface area contributed by atoms with E-state index in [9.17, 15) is 4.79 Å². The second-order valence-corrected chi connectivity index (χ2v) is 5.96. The minimum atomic E-state index is -0.142. The molecule has 0 spiro atoms. The Morgan fingerprint density at radius 1 is 1.29 bits per heavy atom. The van der Waals surface area contributed by atoms with Crippen molar-refractivity contribution in [1.82, 2.24) is 19.7 Å². The number of amides is 1. The fourth-order valence-corrected chi connectivity index (χ4v) is 2.93. The maximum absolute atomic E-state index is 12.3. The zero-order valence-corrected chi connectivity index (χ0v) is 13.4. The summed E-state index contributed by atoms with van der Waals surface area (Å²) < 4.78 is 1.86. The van der Waals surface area contributed by atoms with E-state index < -0.39 is 0 Å². The number of rotatable bonds is 4. The van der Waals surface area contributed by atoms with E-state index in [4.69, 9.17) is 0 Å². The number of aryl methyl sites for hydroxylation is 1. The lowest BCUT2D eigenvalue weighted by Crippen LogP contribution is -2.25. The highest BCUT2D eigenvalue weighted by Crippen LogP contribution is 2.17. The van der Waals surface area contributed by atoms with E-state index in [0.717, 1.165) is 23.1 Å². The van der Waals surface area contributed by atoms with Gasteiger partial charge in [-0.1, -0.05) is 18.2 Å². The van der Waals surface area contributed by atoms with Crippen LogP contribution >= 0.6 is 0 Å². The predicted molar refractivity (Wildman–Crippen MR) is 94.3 cm³/mol. The molecule has 0 atom stereocenters. The van der Waals surface area contributed by atoms with E-state index in [1.165, 1.54) is 10.9 Å². The third-order valence-electron chi connectivity index (χ3n) is 4.20. The molecule has 3 aromatic heterocycles. The minimum absolute atomic E-state index is 0.142. The number of pyridine rings is 1. The molecule has 0 unspecified atom stereocenters. The molecule has 0 aliphatic rings. The highest BCUT2D eigenvalue weighted by Gasteiger charge is 2.11. The Bertz CT molecular complexity index is 1030. The van der Waals surface area contributed by atoms with Crippen LogP contribution < -0.4 is 5.32 Å². The average Bonchev–Trinajstić information content (AvgIpc) is 3.18. The first-order chi connectivity index (χ1) is 11.7. The quantitative estimate of drug-likeness (QED) is 0.607. The van der Waals surface area contributed by atoms with Gasteiger partial charge in [0.1, 0.15) is 11.3 Å². The molecule has 0 bridgehead atoms. The van der Waals surface area contributed by atoms with Gasteiger partial charge < -0.3 is 14.7 Å². The number of para-hydroxylation sites is 1. The number of nitrogens with one attached hydrogen (secondary N) is 2. The topological polar surface area (TPSA) is 62.2 Å². The number of hydrogen-bond donors (Lipinski definition) is 2. The molecule has 4 aromatic rings. The molecule has 0 fully saturated rings.